The third-order valence-electron chi connectivity index (χ3n) is 32.2. The summed E-state index contributed by atoms with van der Waals surface area (Å²) in [5, 5.41) is 34.3. The predicted molar refractivity (Wildman–Crippen MR) is 444 cm³/mol. The fourth-order valence-corrected chi connectivity index (χ4v) is 28.3. The number of piperidine rings is 1. The van der Waals surface area contributed by atoms with Gasteiger partial charge in [-0.2, -0.15) is 0 Å². The van der Waals surface area contributed by atoms with Crippen LogP contribution in [0, 0.1) is 142 Å². The first-order valence-electron chi connectivity index (χ1n) is 43.5. The molecule has 20 rings (SSSR count). The van der Waals surface area contributed by atoms with Crippen LogP contribution >= 0.6 is 11.8 Å². The van der Waals surface area contributed by atoms with Gasteiger partial charge in [-0.1, -0.05) is 100.0 Å². The molecule has 0 bridgehead atoms. The number of aryl methyl sites for hydroxylation is 12. The van der Waals surface area contributed by atoms with E-state index in [4.69, 9.17) is 5.73 Å². The molecule has 5 aromatic rings. The number of nitrogens with zero attached hydrogens (tertiary/aromatic N) is 6. The zero-order valence-electron chi connectivity index (χ0n) is 70.0. The van der Waals surface area contributed by atoms with Crippen molar-refractivity contribution in [3.8, 4) is 0 Å². The monoisotopic (exact) mass is 1580 g/mol. The summed E-state index contributed by atoms with van der Waals surface area (Å²) in [5.41, 5.74) is 27.2. The van der Waals surface area contributed by atoms with Gasteiger partial charge in [0.2, 0.25) is 36.1 Å². The number of benzene rings is 5. The maximum atomic E-state index is 12.8. The number of rotatable bonds is 5. The fraction of sp³-hybridized carbons (Fsp3) is 0.611. The Balaban J connectivity index is 0.000000108. The minimum atomic E-state index is -0.744. The lowest BCUT2D eigenvalue weighted by Gasteiger charge is -2.45. The maximum absolute atomic E-state index is 12.8. The van der Waals surface area contributed by atoms with Gasteiger partial charge in [-0.15, -0.1) is 11.8 Å². The first-order chi connectivity index (χ1) is 54.8. The van der Waals surface area contributed by atoms with Crippen LogP contribution in [0.5, 0.6) is 0 Å². The van der Waals surface area contributed by atoms with Crippen LogP contribution in [-0.2, 0) is 86.9 Å². The van der Waals surface area contributed by atoms with Gasteiger partial charge in [0.05, 0.1) is 39.5 Å². The molecule has 5 N–H and O–H groups in total. The molecule has 4 unspecified atom stereocenters. The first kappa shape index (κ1) is 80.8. The Morgan fingerprint density at radius 1 is 0.470 bits per heavy atom. The van der Waals surface area contributed by atoms with Crippen LogP contribution in [0.4, 0.5) is 0 Å². The van der Waals surface area contributed by atoms with E-state index in [9.17, 15) is 53.9 Å². The molecule has 18 atom stereocenters. The topological polar surface area (TPSA) is 257 Å². The molecule has 4 saturated carbocycles. The summed E-state index contributed by atoms with van der Waals surface area (Å²) in [4.78, 5) is 110. The van der Waals surface area contributed by atoms with Crippen molar-refractivity contribution in [2.75, 3.05) is 64.7 Å². The molecule has 11 heterocycles. The summed E-state index contributed by atoms with van der Waals surface area (Å²) in [6, 6.07) is 27.1. The minimum Gasteiger partial charge on any atom is -0.481 e. The van der Waals surface area contributed by atoms with Gasteiger partial charge in [-0.05, 0) is 283 Å². The van der Waals surface area contributed by atoms with Crippen molar-refractivity contribution in [2.24, 2.45) is 82.7 Å². The second-order valence-electron chi connectivity index (χ2n) is 38.2. The number of nitrogens with two attached hydrogens (primary N) is 1. The van der Waals surface area contributed by atoms with Crippen LogP contribution in [0.2, 0.25) is 0 Å². The van der Waals surface area contributed by atoms with Gasteiger partial charge in [0.15, 0.2) is 0 Å². The van der Waals surface area contributed by atoms with Crippen LogP contribution < -0.4 is 11.1 Å². The van der Waals surface area contributed by atoms with Gasteiger partial charge in [0.25, 0.3) is 0 Å². The molecule has 5 spiro atoms. The minimum absolute atomic E-state index is 0.0171. The second-order valence-corrected chi connectivity index (χ2v) is 39.3. The number of hydrogen-bond donors (Lipinski definition) is 4. The van der Waals surface area contributed by atoms with Gasteiger partial charge in [-0.25, -0.2) is 0 Å². The number of nitrogens with one attached hydrogen (secondary N) is 1. The predicted octanol–water partition coefficient (Wildman–Crippen LogP) is 14.0. The first-order valence-corrected chi connectivity index (χ1v) is 44.5. The number of carbonyl (C=O) groups excluding carboxylic acids is 5. The number of aliphatic carboxylic acids is 2. The number of nitro groups is 1. The van der Waals surface area contributed by atoms with Crippen molar-refractivity contribution in [2.45, 2.75) is 231 Å². The summed E-state index contributed by atoms with van der Waals surface area (Å²) in [6.07, 6.45) is 15.2. The number of carbonyl (C=O) groups is 7. The third-order valence-corrected chi connectivity index (χ3v) is 33.2. The van der Waals surface area contributed by atoms with E-state index in [0.717, 1.165) is 135 Å². The Hall–Kier alpha value is -7.94. The molecule has 4 aliphatic carbocycles. The van der Waals surface area contributed by atoms with E-state index in [1.165, 1.54) is 99.5 Å². The number of carboxylic acid groups (broad SMARTS) is 2. The van der Waals surface area contributed by atoms with E-state index in [1.807, 2.05) is 35.4 Å². The zero-order valence-corrected chi connectivity index (χ0v) is 70.8. The fourth-order valence-electron chi connectivity index (χ4n) is 27.2. The molecule has 11 aliphatic heterocycles. The second kappa shape index (κ2) is 30.5. The molecule has 5 aromatic carbocycles. The van der Waals surface area contributed by atoms with E-state index < -0.39 is 29.3 Å². The van der Waals surface area contributed by atoms with Crippen molar-refractivity contribution >= 4 is 53.2 Å². The van der Waals surface area contributed by atoms with Crippen LogP contribution in [0.15, 0.2) is 77.7 Å². The van der Waals surface area contributed by atoms with E-state index in [2.05, 4.69) is 162 Å². The quantitative estimate of drug-likeness (QED) is 0.0943. The van der Waals surface area contributed by atoms with Crippen LogP contribution in [0.3, 0.4) is 0 Å². The normalized spacial score (nSPS) is 34.4. The van der Waals surface area contributed by atoms with E-state index in [1.54, 1.807) is 0 Å². The largest absolute Gasteiger partial charge is 0.481 e. The highest BCUT2D eigenvalue weighted by atomic mass is 32.2. The Morgan fingerprint density at radius 3 is 1.28 bits per heavy atom. The Morgan fingerprint density at radius 2 is 0.835 bits per heavy atom. The Bertz CT molecular complexity index is 4810. The number of fused-ring (bicyclic) bond motifs is 5. The molecule has 15 aliphatic rings. The molecule has 0 aromatic heterocycles. The van der Waals surface area contributed by atoms with Crippen LogP contribution in [0.25, 0.3) is 0 Å². The summed E-state index contributed by atoms with van der Waals surface area (Å²) < 4.78 is 0. The smallest absolute Gasteiger partial charge is 0.307 e. The van der Waals surface area contributed by atoms with Crippen molar-refractivity contribution < 1.29 is 48.7 Å². The maximum Gasteiger partial charge on any atom is 0.307 e. The number of thioether (sulfide) groups is 1. The Labute approximate surface area is 684 Å². The zero-order chi connectivity index (χ0) is 81.6. The third kappa shape index (κ3) is 12.8. The Kier molecular flexibility index (Phi) is 21.4. The van der Waals surface area contributed by atoms with Crippen LogP contribution in [-0.4, -0.2) is 146 Å². The number of hydrogen-bond acceptors (Lipinski definition) is 12. The molecule has 0 radical (unpaired) electrons. The molecule has 20 heteroatoms. The SMILES string of the molecule is Cc1cc2c(cc1C)C13C[C@H](C)[C@@H](C(=O)O)[C@@H]1CC(=O)N3CCC2.Cc1cc2c(cc1C)C13C[C@H](C)[C@@H](CN)[C@@H]1CC(=O)N3CCC2.Cc1cc2c(cc1C)C13C[C@H](C)[C@@H](C[N+](=O)[O-])[C@@H]1CC(=O)N3CCC2.Cc1ccc2c(c1)CCCN1C(=O)C[C@H]3[C@H](C(=O)O)[C@@H](C)CC231.Cc1ccc2c(c1)SCCN1C(=O)C[C@H]3CNCC[C@]231. The highest BCUT2D eigenvalue weighted by Crippen LogP contribution is 2.65. The highest BCUT2D eigenvalue weighted by molar-refractivity contribution is 7.99. The average Bonchev–Trinajstić information content (AvgIpc) is 1.52. The van der Waals surface area contributed by atoms with Crippen LogP contribution in [0.1, 0.15) is 212 Å². The van der Waals surface area contributed by atoms with Gasteiger partial charge >= 0.3 is 11.9 Å². The molecule has 614 valence electrons. The molecule has 5 amide bonds. The van der Waals surface area contributed by atoms with E-state index in [0.29, 0.717) is 74.1 Å². The lowest BCUT2D eigenvalue weighted by Crippen LogP contribution is -2.53. The average molecular weight is 1580 g/mol. The van der Waals surface area contributed by atoms with Gasteiger partial charge < -0.3 is 45.8 Å². The molecular weight excluding hydrogens is 1460 g/mol. The number of carboxylic acids is 2. The van der Waals surface area contributed by atoms with Gasteiger partial charge in [-0.3, -0.25) is 43.7 Å². The van der Waals surface area contributed by atoms with E-state index >= 15 is 0 Å². The van der Waals surface area contributed by atoms with Crippen molar-refractivity contribution in [1.82, 2.24) is 29.8 Å². The lowest BCUT2D eigenvalue weighted by molar-refractivity contribution is -0.491. The summed E-state index contributed by atoms with van der Waals surface area (Å²) in [6.45, 7) is 32.5. The standard InChI is InChI=1S/C20H26N2O3.C20H28N2O.C20H25NO3.C19H23NO3.C16H20N2OS/c1-12-7-15-5-4-6-21-19(23)9-18-16(11-22(24)25)14(3)10-20(18,21)17(15)8-13(12)2;1-12-7-15-5-4-6-22-19(23)9-18-16(11-21)14(3)10-20(18,22)17(15)8-13(12)2;1-11-7-14-5-4-6-21-17(22)9-16-18(19(23)24)13(3)10-20(16,21)15(14)8-12(11)2;1-11-5-6-14-13(8-11)4-3-7-20-16(21)9-15-17(18(22)23)12(2)10-19(14,15)20;1-11-2-3-13-14(8-11)20-7-6-18-15(19)9-12-10-17-5-4-16(12,13)18/h7-8,14,16,18H,4-6,9-11H2,1-3H3;7-8,14,16,18H,4-6,9-11,21H2,1-3H3;7-8,13,16,18H,4-6,9-10H2,1-3H3,(H,23,24);5-6,8,12,15,17H,3-4,7,9-10H2,1-2H3,(H,22,23);2-3,8,12,17H,4-7,9-10H2,1H3/t2*14-,16+,18-,20?;13-,16-,18+,20?;12-,15-,17+,19?;12-,16+/m00000/s1. The molecule has 115 heavy (non-hydrogen) atoms. The van der Waals surface area contributed by atoms with Gasteiger partial charge in [0, 0.05) is 117 Å². The molecular formula is C95H122N8O11S. The van der Waals surface area contributed by atoms with Crippen molar-refractivity contribution in [3.05, 3.63) is 177 Å². The summed E-state index contributed by atoms with van der Waals surface area (Å²) in [7, 11) is 0. The number of amides is 5. The summed E-state index contributed by atoms with van der Waals surface area (Å²) in [5.74, 6) is 2.07. The summed E-state index contributed by atoms with van der Waals surface area (Å²) >= 11 is 1.92. The van der Waals surface area contributed by atoms with Crippen molar-refractivity contribution in [1.29, 1.82) is 0 Å². The molecule has 10 fully saturated rings. The van der Waals surface area contributed by atoms with E-state index in [-0.39, 0.29) is 92.8 Å². The van der Waals surface area contributed by atoms with Crippen molar-refractivity contribution in [3.63, 3.8) is 0 Å². The lowest BCUT2D eigenvalue weighted by atomic mass is 9.74. The molecule has 19 nitrogen and oxygen atoms in total. The van der Waals surface area contributed by atoms with Gasteiger partial charge in [0.1, 0.15) is 0 Å². The molecule has 6 saturated heterocycles. The highest BCUT2D eigenvalue weighted by Gasteiger charge is 2.69.